The van der Waals surface area contributed by atoms with E-state index in [9.17, 15) is 0 Å². The van der Waals surface area contributed by atoms with Crippen LogP contribution in [0.25, 0.3) is 0 Å². The maximum absolute atomic E-state index is 4.20. The third-order valence-electron chi connectivity index (χ3n) is 2.12. The normalized spacial score (nSPS) is 11.7. The quantitative estimate of drug-likeness (QED) is 0.271. The third kappa shape index (κ3) is 9.15. The largest absolute Gasteiger partial charge is 0.356 e. The molecule has 0 aliphatic carbocycles. The first-order valence-corrected chi connectivity index (χ1v) is 7.16. The van der Waals surface area contributed by atoms with Gasteiger partial charge in [-0.2, -0.15) is 0 Å². The second kappa shape index (κ2) is 9.47. The van der Waals surface area contributed by atoms with Crippen LogP contribution in [-0.2, 0) is 0 Å². The summed E-state index contributed by atoms with van der Waals surface area (Å²) in [5, 5.41) is 6.65. The lowest BCUT2D eigenvalue weighted by atomic mass is 10.1. The highest BCUT2D eigenvalue weighted by atomic mass is 127. The Kier molecular flexibility index (Phi) is 9.26. The molecule has 108 valence electrons. The molecule has 3 nitrogen and oxygen atoms in total. The minimum absolute atomic E-state index is 0. The van der Waals surface area contributed by atoms with Crippen LogP contribution in [0.4, 0.5) is 0 Å². The van der Waals surface area contributed by atoms with Crippen molar-refractivity contribution in [1.29, 1.82) is 0 Å². The zero-order valence-electron chi connectivity index (χ0n) is 12.1. The smallest absolute Gasteiger partial charge is 0.191 e. The molecule has 0 aromatic heterocycles. The lowest BCUT2D eigenvalue weighted by Gasteiger charge is -2.23. The van der Waals surface area contributed by atoms with Crippen LogP contribution in [0, 0.1) is 0 Å². The fourth-order valence-corrected chi connectivity index (χ4v) is 2.18. The highest BCUT2D eigenvalue weighted by Gasteiger charge is 2.11. The van der Waals surface area contributed by atoms with E-state index in [1.54, 1.807) is 7.05 Å². The summed E-state index contributed by atoms with van der Waals surface area (Å²) in [4.78, 5) is 5.51. The van der Waals surface area contributed by atoms with E-state index in [0.717, 1.165) is 18.3 Å². The van der Waals surface area contributed by atoms with Crippen LogP contribution in [0.1, 0.15) is 20.8 Å². The van der Waals surface area contributed by atoms with E-state index in [0.29, 0.717) is 0 Å². The summed E-state index contributed by atoms with van der Waals surface area (Å²) >= 11 is 1.85. The van der Waals surface area contributed by atoms with Gasteiger partial charge in [0.1, 0.15) is 0 Å². The van der Waals surface area contributed by atoms with Gasteiger partial charge in [0.05, 0.1) is 0 Å². The van der Waals surface area contributed by atoms with Gasteiger partial charge < -0.3 is 10.6 Å². The Morgan fingerprint density at radius 3 is 2.37 bits per heavy atom. The second-order valence-electron chi connectivity index (χ2n) is 5.04. The highest BCUT2D eigenvalue weighted by Crippen LogP contribution is 2.15. The summed E-state index contributed by atoms with van der Waals surface area (Å²) in [5.74, 6) is 1.88. The van der Waals surface area contributed by atoms with Gasteiger partial charge in [0.15, 0.2) is 5.96 Å². The lowest BCUT2D eigenvalue weighted by Crippen LogP contribution is -2.48. The van der Waals surface area contributed by atoms with Crippen molar-refractivity contribution in [3.8, 4) is 0 Å². The molecule has 1 rings (SSSR count). The van der Waals surface area contributed by atoms with Crippen LogP contribution in [0.5, 0.6) is 0 Å². The van der Waals surface area contributed by atoms with Crippen molar-refractivity contribution < 1.29 is 0 Å². The van der Waals surface area contributed by atoms with E-state index in [-0.39, 0.29) is 29.5 Å². The molecule has 1 aromatic carbocycles. The monoisotopic (exact) mass is 393 g/mol. The summed E-state index contributed by atoms with van der Waals surface area (Å²) in [5.41, 5.74) is 0.0361. The van der Waals surface area contributed by atoms with Gasteiger partial charge in [-0.3, -0.25) is 4.99 Å². The summed E-state index contributed by atoms with van der Waals surface area (Å²) in [6, 6.07) is 10.4. The van der Waals surface area contributed by atoms with Crippen molar-refractivity contribution in [2.45, 2.75) is 31.2 Å². The number of rotatable bonds is 4. The summed E-state index contributed by atoms with van der Waals surface area (Å²) in [6.45, 7) is 7.27. The molecule has 2 N–H and O–H groups in total. The molecular weight excluding hydrogens is 369 g/mol. The lowest BCUT2D eigenvalue weighted by molar-refractivity contribution is 0.502. The Morgan fingerprint density at radius 1 is 1.21 bits per heavy atom. The van der Waals surface area contributed by atoms with Gasteiger partial charge in [-0.05, 0) is 32.9 Å². The Balaban J connectivity index is 0.00000324. The van der Waals surface area contributed by atoms with Gasteiger partial charge in [0.25, 0.3) is 0 Å². The maximum Gasteiger partial charge on any atom is 0.191 e. The zero-order valence-corrected chi connectivity index (χ0v) is 15.2. The fraction of sp³-hybridized carbons (Fsp3) is 0.500. The maximum atomic E-state index is 4.20. The first kappa shape index (κ1) is 18.6. The number of halogens is 1. The summed E-state index contributed by atoms with van der Waals surface area (Å²) in [7, 11) is 1.80. The molecule has 0 aliphatic heterocycles. The number of thioether (sulfide) groups is 1. The molecule has 0 atom stereocenters. The van der Waals surface area contributed by atoms with Crippen LogP contribution in [0.3, 0.4) is 0 Å². The zero-order chi connectivity index (χ0) is 13.4. The number of hydrogen-bond acceptors (Lipinski definition) is 2. The Bertz CT molecular complexity index is 374. The van der Waals surface area contributed by atoms with Gasteiger partial charge in [-0.15, -0.1) is 35.7 Å². The molecule has 5 heteroatoms. The van der Waals surface area contributed by atoms with Crippen LogP contribution in [0.15, 0.2) is 40.2 Å². The number of nitrogens with zero attached hydrogens (tertiary/aromatic N) is 1. The van der Waals surface area contributed by atoms with E-state index in [1.807, 2.05) is 17.8 Å². The molecule has 0 amide bonds. The Labute approximate surface area is 138 Å². The molecule has 0 saturated carbocycles. The number of nitrogens with one attached hydrogen (secondary N) is 2. The molecular formula is C14H24IN3S. The predicted octanol–water partition coefficient (Wildman–Crippen LogP) is 3.36. The van der Waals surface area contributed by atoms with Gasteiger partial charge in [0, 0.05) is 29.8 Å². The van der Waals surface area contributed by atoms with Gasteiger partial charge in [-0.1, -0.05) is 18.2 Å². The molecule has 0 saturated heterocycles. The van der Waals surface area contributed by atoms with Crippen molar-refractivity contribution in [3.63, 3.8) is 0 Å². The first-order valence-electron chi connectivity index (χ1n) is 6.18. The van der Waals surface area contributed by atoms with Crippen molar-refractivity contribution >= 4 is 41.7 Å². The summed E-state index contributed by atoms with van der Waals surface area (Å²) in [6.07, 6.45) is 0. The van der Waals surface area contributed by atoms with E-state index in [2.05, 4.69) is 60.7 Å². The van der Waals surface area contributed by atoms with E-state index in [4.69, 9.17) is 0 Å². The van der Waals surface area contributed by atoms with E-state index < -0.39 is 0 Å². The molecule has 0 spiro atoms. The van der Waals surface area contributed by atoms with Gasteiger partial charge >= 0.3 is 0 Å². The van der Waals surface area contributed by atoms with Crippen molar-refractivity contribution in [2.24, 2.45) is 4.99 Å². The standard InChI is InChI=1S/C14H23N3S.HI/c1-14(2,3)17-13(15-4)16-10-11-18-12-8-6-5-7-9-12;/h5-9H,10-11H2,1-4H3,(H2,15,16,17);1H. The predicted molar refractivity (Wildman–Crippen MR) is 96.8 cm³/mol. The van der Waals surface area contributed by atoms with E-state index >= 15 is 0 Å². The summed E-state index contributed by atoms with van der Waals surface area (Å²) < 4.78 is 0. The average molecular weight is 393 g/mol. The molecule has 0 aliphatic rings. The molecule has 0 heterocycles. The van der Waals surface area contributed by atoms with Crippen LogP contribution in [-0.4, -0.2) is 30.8 Å². The first-order chi connectivity index (χ1) is 8.51. The number of hydrogen-bond donors (Lipinski definition) is 2. The Hall–Kier alpha value is -0.430. The molecule has 19 heavy (non-hydrogen) atoms. The van der Waals surface area contributed by atoms with Crippen molar-refractivity contribution in [3.05, 3.63) is 30.3 Å². The van der Waals surface area contributed by atoms with Gasteiger partial charge in [0.2, 0.25) is 0 Å². The van der Waals surface area contributed by atoms with Crippen LogP contribution in [0.2, 0.25) is 0 Å². The second-order valence-corrected chi connectivity index (χ2v) is 6.20. The third-order valence-corrected chi connectivity index (χ3v) is 3.14. The van der Waals surface area contributed by atoms with Gasteiger partial charge in [-0.25, -0.2) is 0 Å². The number of benzene rings is 1. The molecule has 0 radical (unpaired) electrons. The molecule has 1 aromatic rings. The Morgan fingerprint density at radius 2 is 1.84 bits per heavy atom. The molecule has 0 fully saturated rings. The van der Waals surface area contributed by atoms with Crippen LogP contribution >= 0.6 is 35.7 Å². The van der Waals surface area contributed by atoms with E-state index in [1.165, 1.54) is 4.90 Å². The topological polar surface area (TPSA) is 36.4 Å². The molecule has 0 bridgehead atoms. The highest BCUT2D eigenvalue weighted by molar-refractivity contribution is 14.0. The average Bonchev–Trinajstić information content (AvgIpc) is 2.33. The van der Waals surface area contributed by atoms with Crippen molar-refractivity contribution in [1.82, 2.24) is 10.6 Å². The fourth-order valence-electron chi connectivity index (χ4n) is 1.39. The van der Waals surface area contributed by atoms with Crippen molar-refractivity contribution in [2.75, 3.05) is 19.3 Å². The minimum Gasteiger partial charge on any atom is -0.356 e. The van der Waals surface area contributed by atoms with Crippen LogP contribution < -0.4 is 10.6 Å². The number of aliphatic imine (C=N–C) groups is 1. The SMILES string of the molecule is CN=C(NCCSc1ccccc1)NC(C)(C)C.I. The number of guanidine groups is 1. The molecule has 0 unspecified atom stereocenters. The minimum atomic E-state index is 0.